The van der Waals surface area contributed by atoms with Gasteiger partial charge in [0.25, 0.3) is 0 Å². The Morgan fingerprint density at radius 3 is 2.43 bits per heavy atom. The fourth-order valence-corrected chi connectivity index (χ4v) is 3.49. The van der Waals surface area contributed by atoms with Crippen molar-refractivity contribution in [1.82, 2.24) is 0 Å². The summed E-state index contributed by atoms with van der Waals surface area (Å²) in [7, 11) is 6.91. The molecule has 2 aliphatic rings. The van der Waals surface area contributed by atoms with Crippen molar-refractivity contribution in [3.05, 3.63) is 0 Å². The summed E-state index contributed by atoms with van der Waals surface area (Å²) in [5.41, 5.74) is 0. The van der Waals surface area contributed by atoms with Gasteiger partial charge in [-0.1, -0.05) is 6.92 Å². The number of ether oxygens (including phenoxy) is 2. The van der Waals surface area contributed by atoms with E-state index in [0.717, 1.165) is 0 Å². The molecule has 116 valence electrons. The molecule has 0 spiro atoms. The SMILES string of the molecule is [B][C@H]1CC(C)[C@@H](COP(=O)(O)OC2C[C@H]([B])O[C@@H]2CO)O1. The van der Waals surface area contributed by atoms with Crippen LogP contribution in [0.3, 0.4) is 0 Å². The summed E-state index contributed by atoms with van der Waals surface area (Å²) in [6, 6.07) is -1.02. The average molecular weight is 316 g/mol. The lowest BCUT2D eigenvalue weighted by Gasteiger charge is -2.22. The summed E-state index contributed by atoms with van der Waals surface area (Å²) in [6.07, 6.45) is -0.993. The van der Waals surface area contributed by atoms with Crippen molar-refractivity contribution in [3.63, 3.8) is 0 Å². The van der Waals surface area contributed by atoms with E-state index in [1.165, 1.54) is 0 Å². The summed E-state index contributed by atoms with van der Waals surface area (Å²) in [6.45, 7) is 1.48. The maximum atomic E-state index is 11.9. The van der Waals surface area contributed by atoms with Crippen LogP contribution in [0, 0.1) is 5.92 Å². The summed E-state index contributed by atoms with van der Waals surface area (Å²) in [4.78, 5) is 9.73. The molecule has 2 saturated heterocycles. The summed E-state index contributed by atoms with van der Waals surface area (Å²) in [5, 5.41) is 9.11. The summed E-state index contributed by atoms with van der Waals surface area (Å²) >= 11 is 0. The van der Waals surface area contributed by atoms with E-state index < -0.39 is 26.0 Å². The Bertz CT molecular complexity index is 399. The highest BCUT2D eigenvalue weighted by Gasteiger charge is 2.39. The number of phosphoric acid groups is 1. The largest absolute Gasteiger partial charge is 0.472 e. The molecule has 10 heteroatoms. The fraction of sp³-hybridized carbons (Fsp3) is 1.00. The molecule has 7 atom stereocenters. The van der Waals surface area contributed by atoms with Gasteiger partial charge in [0.2, 0.25) is 0 Å². The standard InChI is InChI=1S/C11H19B2O7P/c1-6-2-10(12)19-9(6)5-17-21(15,16)20-7-3-11(13)18-8(7)4-14/h6-11,14H,2-5H2,1H3,(H,15,16)/t6?,7?,8-,9-,10-,11-/m1/s1. The van der Waals surface area contributed by atoms with E-state index in [2.05, 4.69) is 0 Å². The van der Waals surface area contributed by atoms with E-state index in [-0.39, 0.29) is 37.7 Å². The Balaban J connectivity index is 1.83. The van der Waals surface area contributed by atoms with Crippen LogP contribution in [0.15, 0.2) is 0 Å². The first kappa shape index (κ1) is 17.5. The summed E-state index contributed by atoms with van der Waals surface area (Å²) in [5.74, 6) is 0.133. The lowest BCUT2D eigenvalue weighted by molar-refractivity contribution is -0.0162. The number of rotatable bonds is 6. The lowest BCUT2D eigenvalue weighted by Crippen LogP contribution is -2.28. The van der Waals surface area contributed by atoms with Crippen LogP contribution < -0.4 is 0 Å². The molecule has 21 heavy (non-hydrogen) atoms. The molecule has 0 saturated carbocycles. The Morgan fingerprint density at radius 1 is 1.24 bits per heavy atom. The molecule has 7 nitrogen and oxygen atoms in total. The van der Waals surface area contributed by atoms with Gasteiger partial charge in [-0.2, -0.15) is 0 Å². The van der Waals surface area contributed by atoms with E-state index in [1.807, 2.05) is 6.92 Å². The average Bonchev–Trinajstić information content (AvgIpc) is 2.88. The first-order valence-corrected chi connectivity index (χ1v) is 8.39. The predicted molar refractivity (Wildman–Crippen MR) is 75.0 cm³/mol. The number of hydrogen-bond acceptors (Lipinski definition) is 6. The molecule has 0 aromatic heterocycles. The van der Waals surface area contributed by atoms with Crippen LogP contribution in [0.25, 0.3) is 0 Å². The van der Waals surface area contributed by atoms with Gasteiger partial charge in [-0.3, -0.25) is 9.05 Å². The molecule has 3 unspecified atom stereocenters. The highest BCUT2D eigenvalue weighted by Crippen LogP contribution is 2.47. The van der Waals surface area contributed by atoms with Gasteiger partial charge in [0.1, 0.15) is 21.8 Å². The van der Waals surface area contributed by atoms with Crippen LogP contribution >= 0.6 is 7.82 Å². The van der Waals surface area contributed by atoms with Crippen molar-refractivity contribution < 1.29 is 33.1 Å². The van der Waals surface area contributed by atoms with Crippen molar-refractivity contribution in [2.75, 3.05) is 13.2 Å². The second kappa shape index (κ2) is 7.13. The number of aliphatic hydroxyl groups is 1. The second-order valence-corrected chi connectivity index (χ2v) is 6.87. The molecule has 0 aromatic rings. The van der Waals surface area contributed by atoms with Gasteiger partial charge in [0.15, 0.2) is 0 Å². The molecular weight excluding hydrogens is 297 g/mol. The minimum atomic E-state index is -4.28. The molecule has 0 aromatic carbocycles. The Morgan fingerprint density at radius 2 is 1.86 bits per heavy atom. The van der Waals surface area contributed by atoms with Gasteiger partial charge in [-0.25, -0.2) is 4.57 Å². The highest BCUT2D eigenvalue weighted by molar-refractivity contribution is 7.47. The zero-order chi connectivity index (χ0) is 15.6. The molecule has 2 N–H and O–H groups in total. The van der Waals surface area contributed by atoms with Gasteiger partial charge in [-0.05, 0) is 18.8 Å². The van der Waals surface area contributed by atoms with E-state index in [1.54, 1.807) is 0 Å². The third-order valence-electron chi connectivity index (χ3n) is 3.67. The Labute approximate surface area is 126 Å². The molecule has 2 heterocycles. The normalized spacial score (nSPS) is 43.0. The number of hydrogen-bond donors (Lipinski definition) is 2. The predicted octanol–water partition coefficient (Wildman–Crippen LogP) is -0.316. The smallest absolute Gasteiger partial charge is 0.394 e. The van der Waals surface area contributed by atoms with Crippen LogP contribution in [0.4, 0.5) is 0 Å². The lowest BCUT2D eigenvalue weighted by atomic mass is 9.92. The van der Waals surface area contributed by atoms with Gasteiger partial charge in [0, 0.05) is 12.0 Å². The second-order valence-electron chi connectivity index (χ2n) is 5.47. The van der Waals surface area contributed by atoms with Crippen LogP contribution in [0.2, 0.25) is 0 Å². The number of aliphatic hydroxyl groups excluding tert-OH is 1. The molecule has 0 bridgehead atoms. The molecule has 2 rings (SSSR count). The van der Waals surface area contributed by atoms with Crippen molar-refractivity contribution in [2.45, 2.75) is 50.1 Å². The monoisotopic (exact) mass is 316 g/mol. The minimum absolute atomic E-state index is 0.0912. The zero-order valence-electron chi connectivity index (χ0n) is 11.8. The Kier molecular flexibility index (Phi) is 5.93. The summed E-state index contributed by atoms with van der Waals surface area (Å²) < 4.78 is 32.4. The topological polar surface area (TPSA) is 94.5 Å². The van der Waals surface area contributed by atoms with Crippen LogP contribution in [0.5, 0.6) is 0 Å². The van der Waals surface area contributed by atoms with Crippen molar-refractivity contribution in [3.8, 4) is 0 Å². The van der Waals surface area contributed by atoms with E-state index in [0.29, 0.717) is 6.42 Å². The molecule has 0 aliphatic carbocycles. The first-order chi connectivity index (χ1) is 9.80. The van der Waals surface area contributed by atoms with Gasteiger partial charge >= 0.3 is 7.82 Å². The van der Waals surface area contributed by atoms with Crippen LogP contribution in [-0.4, -0.2) is 69.2 Å². The maximum Gasteiger partial charge on any atom is 0.472 e. The fourth-order valence-electron chi connectivity index (χ4n) is 2.53. The molecule has 0 amide bonds. The molecule has 2 aliphatic heterocycles. The quantitative estimate of drug-likeness (QED) is 0.512. The zero-order valence-corrected chi connectivity index (χ0v) is 12.7. The van der Waals surface area contributed by atoms with Crippen molar-refractivity contribution in [2.24, 2.45) is 5.92 Å². The maximum absolute atomic E-state index is 11.9. The van der Waals surface area contributed by atoms with Crippen molar-refractivity contribution in [1.29, 1.82) is 0 Å². The third-order valence-corrected chi connectivity index (χ3v) is 4.68. The van der Waals surface area contributed by atoms with Gasteiger partial charge in [-0.15, -0.1) is 0 Å². The minimum Gasteiger partial charge on any atom is -0.394 e. The molecule has 2 fully saturated rings. The first-order valence-electron chi connectivity index (χ1n) is 6.89. The molecular formula is C11H19B2O7P. The number of phosphoric ester groups is 1. The van der Waals surface area contributed by atoms with Crippen LogP contribution in [0.1, 0.15) is 19.8 Å². The van der Waals surface area contributed by atoms with Crippen LogP contribution in [-0.2, 0) is 23.1 Å². The highest BCUT2D eigenvalue weighted by atomic mass is 31.2. The molecule has 4 radical (unpaired) electrons. The van der Waals surface area contributed by atoms with E-state index in [4.69, 9.17) is 39.3 Å². The third kappa shape index (κ3) is 4.79. The van der Waals surface area contributed by atoms with Gasteiger partial charge < -0.3 is 19.5 Å². The van der Waals surface area contributed by atoms with E-state index in [9.17, 15) is 9.46 Å². The van der Waals surface area contributed by atoms with Gasteiger partial charge in [0.05, 0.1) is 25.4 Å². The van der Waals surface area contributed by atoms with Crippen molar-refractivity contribution >= 4 is 23.5 Å². The van der Waals surface area contributed by atoms with E-state index >= 15 is 0 Å². The Hall–Kier alpha value is 0.120.